The van der Waals surface area contributed by atoms with Crippen molar-refractivity contribution in [1.82, 2.24) is 10.6 Å². The molecule has 0 radical (unpaired) electrons. The Morgan fingerprint density at radius 3 is 1.15 bits per heavy atom. The number of alkyl carbamates (subject to hydrolysis) is 2. The van der Waals surface area contributed by atoms with Crippen LogP contribution in [0.25, 0.3) is 0 Å². The molecule has 0 aliphatic heterocycles. The second-order valence-electron chi connectivity index (χ2n) is 10.7. The van der Waals surface area contributed by atoms with Gasteiger partial charge >= 0.3 is 24.1 Å². The summed E-state index contributed by atoms with van der Waals surface area (Å²) in [7, 11) is 0. The fourth-order valence-electron chi connectivity index (χ4n) is 2.46. The van der Waals surface area contributed by atoms with Crippen molar-refractivity contribution >= 4 is 24.1 Å². The number of carbonyl (C=O) groups excluding carboxylic acids is 4. The van der Waals surface area contributed by atoms with E-state index in [1.807, 2.05) is 0 Å². The Kier molecular flexibility index (Phi) is 11.8. The summed E-state index contributed by atoms with van der Waals surface area (Å²) in [5, 5.41) is 14.9. The first-order valence-corrected chi connectivity index (χ1v) is 11.3. The highest BCUT2D eigenvalue weighted by Gasteiger charge is 2.35. The number of aliphatic hydroxyl groups excluding tert-OH is 1. The number of hydrogen-bond acceptors (Lipinski definition) is 9. The van der Waals surface area contributed by atoms with Crippen LogP contribution in [-0.4, -0.2) is 64.9 Å². The molecule has 0 aliphatic rings. The lowest BCUT2D eigenvalue weighted by molar-refractivity contribution is -0.208. The summed E-state index contributed by atoms with van der Waals surface area (Å²) in [4.78, 5) is 49.7. The van der Waals surface area contributed by atoms with Gasteiger partial charge in [-0.15, -0.1) is 0 Å². The zero-order valence-electron chi connectivity index (χ0n) is 22.2. The second-order valence-corrected chi connectivity index (χ2v) is 10.7. The zero-order chi connectivity index (χ0) is 27.0. The number of amides is 2. The van der Waals surface area contributed by atoms with Gasteiger partial charge < -0.3 is 34.7 Å². The SMILES string of the molecule is CC(O)C(OC(=O)[C@@H](NC(=O)OC(C)(C)C)C(C)C)OC(=O)[C@@H](NC(=O)OC(C)(C)C)C(C)C. The lowest BCUT2D eigenvalue weighted by atomic mass is 10.0. The minimum absolute atomic E-state index is 0.400. The van der Waals surface area contributed by atoms with Crippen molar-refractivity contribution < 1.29 is 43.2 Å². The van der Waals surface area contributed by atoms with Gasteiger partial charge in [-0.25, -0.2) is 19.2 Å². The molecule has 3 N–H and O–H groups in total. The van der Waals surface area contributed by atoms with Crippen LogP contribution < -0.4 is 10.6 Å². The predicted molar refractivity (Wildman–Crippen MR) is 124 cm³/mol. The Labute approximate surface area is 202 Å². The van der Waals surface area contributed by atoms with Crippen molar-refractivity contribution in [2.45, 2.75) is 112 Å². The lowest BCUT2D eigenvalue weighted by Gasteiger charge is -2.29. The molecule has 2 amide bonds. The van der Waals surface area contributed by atoms with Gasteiger partial charge in [0.1, 0.15) is 29.4 Å². The number of aliphatic hydroxyl groups is 1. The molecule has 0 saturated heterocycles. The van der Waals surface area contributed by atoms with Gasteiger partial charge in [0, 0.05) is 0 Å². The molecule has 0 fully saturated rings. The summed E-state index contributed by atoms with van der Waals surface area (Å²) in [5.74, 6) is -2.66. The van der Waals surface area contributed by atoms with Gasteiger partial charge in [0.25, 0.3) is 6.29 Å². The quantitative estimate of drug-likeness (QED) is 0.252. The number of carbonyl (C=O) groups is 4. The predicted octanol–water partition coefficient (Wildman–Crippen LogP) is 2.88. The molecule has 0 heterocycles. The van der Waals surface area contributed by atoms with Crippen molar-refractivity contribution in [2.75, 3.05) is 0 Å². The molecule has 0 aromatic rings. The Balaban J connectivity index is 5.39. The van der Waals surface area contributed by atoms with Gasteiger partial charge in [0.15, 0.2) is 0 Å². The Morgan fingerprint density at radius 1 is 0.647 bits per heavy atom. The maximum absolute atomic E-state index is 12.7. The topological polar surface area (TPSA) is 149 Å². The van der Waals surface area contributed by atoms with E-state index in [4.69, 9.17) is 18.9 Å². The van der Waals surface area contributed by atoms with Crippen LogP contribution in [-0.2, 0) is 28.5 Å². The number of esters is 2. The monoisotopic (exact) mass is 490 g/mol. The Hall–Kier alpha value is -2.56. The first kappa shape index (κ1) is 31.4. The van der Waals surface area contributed by atoms with Crippen LogP contribution in [0, 0.1) is 11.8 Å². The standard InChI is InChI=1S/C23H42N2O9/c1-12(2)15(24-20(29)33-22(6,7)8)17(27)31-19(14(5)26)32-18(28)16(13(3)4)25-21(30)34-23(9,10)11/h12-16,19,26H,1-11H3,(H,24,29)(H,25,30)/t14?,15-,16-/m0/s1. The molecule has 34 heavy (non-hydrogen) atoms. The average molecular weight is 491 g/mol. The molecule has 0 aromatic heterocycles. The third-order valence-electron chi connectivity index (χ3n) is 4.04. The largest absolute Gasteiger partial charge is 0.444 e. The minimum atomic E-state index is -1.68. The Bertz CT molecular complexity index is 650. The average Bonchev–Trinajstić information content (AvgIpc) is 2.59. The molecule has 0 bridgehead atoms. The van der Waals surface area contributed by atoms with E-state index in [-0.39, 0.29) is 0 Å². The van der Waals surface area contributed by atoms with Crippen LogP contribution >= 0.6 is 0 Å². The summed E-state index contributed by atoms with van der Waals surface area (Å²) in [6.07, 6.45) is -4.72. The molecular weight excluding hydrogens is 448 g/mol. The van der Waals surface area contributed by atoms with E-state index in [0.29, 0.717) is 0 Å². The molecule has 11 heteroatoms. The number of hydrogen-bond donors (Lipinski definition) is 3. The minimum Gasteiger partial charge on any atom is -0.444 e. The molecule has 0 rings (SSSR count). The van der Waals surface area contributed by atoms with E-state index in [1.165, 1.54) is 6.92 Å². The van der Waals surface area contributed by atoms with Gasteiger partial charge in [-0.3, -0.25) is 0 Å². The highest BCUT2D eigenvalue weighted by atomic mass is 16.7. The first-order valence-electron chi connectivity index (χ1n) is 11.3. The van der Waals surface area contributed by atoms with Crippen molar-refractivity contribution in [3.8, 4) is 0 Å². The van der Waals surface area contributed by atoms with Gasteiger partial charge in [-0.05, 0) is 60.3 Å². The summed E-state index contributed by atoms with van der Waals surface area (Å²) >= 11 is 0. The van der Waals surface area contributed by atoms with Crippen LogP contribution in [0.2, 0.25) is 0 Å². The maximum atomic E-state index is 12.7. The molecule has 11 nitrogen and oxygen atoms in total. The smallest absolute Gasteiger partial charge is 0.408 e. The summed E-state index contributed by atoms with van der Waals surface area (Å²) in [5.41, 5.74) is -1.56. The first-order chi connectivity index (χ1) is 15.2. The number of ether oxygens (including phenoxy) is 4. The van der Waals surface area contributed by atoms with Crippen LogP contribution in [0.15, 0.2) is 0 Å². The van der Waals surface area contributed by atoms with Gasteiger partial charge in [0.2, 0.25) is 0 Å². The molecule has 198 valence electrons. The molecular formula is C23H42N2O9. The van der Waals surface area contributed by atoms with Gasteiger partial charge in [-0.1, -0.05) is 27.7 Å². The fraction of sp³-hybridized carbons (Fsp3) is 0.826. The normalized spacial score (nSPS) is 14.8. The van der Waals surface area contributed by atoms with Crippen molar-refractivity contribution in [3.05, 3.63) is 0 Å². The summed E-state index contributed by atoms with van der Waals surface area (Å²) in [6.45, 7) is 18.0. The van der Waals surface area contributed by atoms with E-state index in [2.05, 4.69) is 10.6 Å². The van der Waals surface area contributed by atoms with Crippen LogP contribution in [0.4, 0.5) is 9.59 Å². The molecule has 0 saturated carbocycles. The third kappa shape index (κ3) is 12.6. The lowest BCUT2D eigenvalue weighted by Crippen LogP contribution is -2.51. The van der Waals surface area contributed by atoms with E-state index < -0.39 is 71.6 Å². The van der Waals surface area contributed by atoms with E-state index in [0.717, 1.165) is 0 Å². The van der Waals surface area contributed by atoms with E-state index >= 15 is 0 Å². The second kappa shape index (κ2) is 12.8. The fourth-order valence-corrected chi connectivity index (χ4v) is 2.46. The third-order valence-corrected chi connectivity index (χ3v) is 4.04. The highest BCUT2D eigenvalue weighted by molar-refractivity contribution is 5.83. The van der Waals surface area contributed by atoms with E-state index in [9.17, 15) is 24.3 Å². The number of nitrogens with one attached hydrogen (secondary N) is 2. The van der Waals surface area contributed by atoms with Crippen LogP contribution in [0.3, 0.4) is 0 Å². The van der Waals surface area contributed by atoms with Gasteiger partial charge in [0.05, 0.1) is 0 Å². The van der Waals surface area contributed by atoms with Crippen LogP contribution in [0.1, 0.15) is 76.2 Å². The van der Waals surface area contributed by atoms with Crippen molar-refractivity contribution in [3.63, 3.8) is 0 Å². The maximum Gasteiger partial charge on any atom is 0.408 e. The molecule has 0 aliphatic carbocycles. The Morgan fingerprint density at radius 2 is 0.941 bits per heavy atom. The zero-order valence-corrected chi connectivity index (χ0v) is 22.2. The molecule has 0 aromatic carbocycles. The summed E-state index contributed by atoms with van der Waals surface area (Å²) in [6, 6.07) is -2.26. The number of rotatable bonds is 9. The highest BCUT2D eigenvalue weighted by Crippen LogP contribution is 2.15. The van der Waals surface area contributed by atoms with E-state index in [1.54, 1.807) is 69.2 Å². The summed E-state index contributed by atoms with van der Waals surface area (Å²) < 4.78 is 20.8. The molecule has 0 spiro atoms. The molecule has 3 atom stereocenters. The van der Waals surface area contributed by atoms with Crippen molar-refractivity contribution in [1.29, 1.82) is 0 Å². The van der Waals surface area contributed by atoms with Gasteiger partial charge in [-0.2, -0.15) is 0 Å². The molecule has 1 unspecified atom stereocenters. The van der Waals surface area contributed by atoms with Crippen LogP contribution in [0.5, 0.6) is 0 Å². The van der Waals surface area contributed by atoms with Crippen molar-refractivity contribution in [2.24, 2.45) is 11.8 Å².